The van der Waals surface area contributed by atoms with Crippen molar-refractivity contribution in [1.29, 1.82) is 0 Å². The highest BCUT2D eigenvalue weighted by Crippen LogP contribution is 2.25. The number of halogens is 1. The van der Waals surface area contributed by atoms with E-state index in [9.17, 15) is 0 Å². The van der Waals surface area contributed by atoms with E-state index in [1.165, 1.54) is 25.7 Å². The van der Waals surface area contributed by atoms with Gasteiger partial charge in [-0.15, -0.1) is 11.6 Å². The fourth-order valence-electron chi connectivity index (χ4n) is 2.22. The zero-order valence-electron chi connectivity index (χ0n) is 8.68. The molecule has 1 N–H and O–H groups in total. The molecule has 0 amide bonds. The second-order valence-electron chi connectivity index (χ2n) is 4.50. The maximum Gasteiger partial charge on any atom is 0.0576 e. The average Bonchev–Trinajstić information content (AvgIpc) is 2.61. The van der Waals surface area contributed by atoms with Gasteiger partial charge in [0.25, 0.3) is 0 Å². The van der Waals surface area contributed by atoms with Gasteiger partial charge in [0.2, 0.25) is 0 Å². The molecular formula is C11H20ClNO. The first-order valence-electron chi connectivity index (χ1n) is 5.83. The second kappa shape index (κ2) is 5.34. The molecule has 1 saturated heterocycles. The van der Waals surface area contributed by atoms with Gasteiger partial charge in [0.05, 0.1) is 6.10 Å². The number of hydrogen-bond acceptors (Lipinski definition) is 2. The lowest BCUT2D eigenvalue weighted by molar-refractivity contribution is 0.102. The molecule has 1 atom stereocenters. The summed E-state index contributed by atoms with van der Waals surface area (Å²) in [6.07, 6.45) is 7.86. The Morgan fingerprint density at radius 1 is 1.36 bits per heavy atom. The number of nitrogens with one attached hydrogen (secondary N) is 1. The van der Waals surface area contributed by atoms with Gasteiger partial charge in [0.15, 0.2) is 0 Å². The number of alkyl halides is 1. The van der Waals surface area contributed by atoms with Gasteiger partial charge >= 0.3 is 0 Å². The summed E-state index contributed by atoms with van der Waals surface area (Å²) in [7, 11) is 0. The average molecular weight is 218 g/mol. The molecule has 1 aliphatic carbocycles. The van der Waals surface area contributed by atoms with Crippen molar-refractivity contribution in [1.82, 2.24) is 5.32 Å². The Balaban J connectivity index is 1.43. The van der Waals surface area contributed by atoms with Crippen LogP contribution in [0.2, 0.25) is 0 Å². The quantitative estimate of drug-likeness (QED) is 0.564. The summed E-state index contributed by atoms with van der Waals surface area (Å²) in [6, 6.07) is 0.696. The van der Waals surface area contributed by atoms with Crippen molar-refractivity contribution in [3.63, 3.8) is 0 Å². The van der Waals surface area contributed by atoms with Gasteiger partial charge in [-0.05, 0) is 45.1 Å². The minimum absolute atomic E-state index is 0.436. The molecule has 0 aromatic carbocycles. The van der Waals surface area contributed by atoms with Crippen molar-refractivity contribution < 1.29 is 4.74 Å². The van der Waals surface area contributed by atoms with Crippen molar-refractivity contribution in [3.8, 4) is 0 Å². The first kappa shape index (κ1) is 10.7. The van der Waals surface area contributed by atoms with Gasteiger partial charge in [0.1, 0.15) is 0 Å². The normalized spacial score (nSPS) is 37.1. The van der Waals surface area contributed by atoms with Crippen LogP contribution in [0.1, 0.15) is 38.5 Å². The monoisotopic (exact) mass is 217 g/mol. The minimum atomic E-state index is 0.436. The lowest BCUT2D eigenvalue weighted by atomic mass is 9.92. The summed E-state index contributed by atoms with van der Waals surface area (Å²) in [5.41, 5.74) is 0. The van der Waals surface area contributed by atoms with Crippen LogP contribution in [0, 0.1) is 0 Å². The minimum Gasteiger partial charge on any atom is -0.378 e. The largest absolute Gasteiger partial charge is 0.378 e. The van der Waals surface area contributed by atoms with E-state index in [4.69, 9.17) is 16.3 Å². The van der Waals surface area contributed by atoms with Gasteiger partial charge in [0, 0.05) is 18.0 Å². The number of hydrogen-bond donors (Lipinski definition) is 1. The van der Waals surface area contributed by atoms with Crippen molar-refractivity contribution in [3.05, 3.63) is 0 Å². The van der Waals surface area contributed by atoms with E-state index < -0.39 is 0 Å². The summed E-state index contributed by atoms with van der Waals surface area (Å²) in [6.45, 7) is 2.11. The Morgan fingerprint density at radius 3 is 2.86 bits per heavy atom. The Morgan fingerprint density at radius 2 is 2.21 bits per heavy atom. The van der Waals surface area contributed by atoms with E-state index in [1.807, 2.05) is 0 Å². The third-order valence-electron chi connectivity index (χ3n) is 3.24. The van der Waals surface area contributed by atoms with Crippen LogP contribution in [0.3, 0.4) is 0 Å². The molecule has 2 rings (SSSR count). The lowest BCUT2D eigenvalue weighted by Gasteiger charge is -2.31. The van der Waals surface area contributed by atoms with Gasteiger partial charge in [-0.2, -0.15) is 0 Å². The predicted octanol–water partition coefficient (Wildman–Crippen LogP) is 2.31. The SMILES string of the molecule is ClC1CC(NCCCC2CCCO2)C1. The molecule has 1 heterocycles. The molecule has 0 spiro atoms. The molecule has 0 bridgehead atoms. The summed E-state index contributed by atoms with van der Waals surface area (Å²) in [5, 5.41) is 3.97. The summed E-state index contributed by atoms with van der Waals surface area (Å²) >= 11 is 5.90. The van der Waals surface area contributed by atoms with Crippen LogP contribution in [-0.2, 0) is 4.74 Å². The molecular weight excluding hydrogens is 198 g/mol. The van der Waals surface area contributed by atoms with Crippen LogP contribution in [-0.4, -0.2) is 30.7 Å². The highest BCUT2D eigenvalue weighted by atomic mass is 35.5. The maximum absolute atomic E-state index is 5.90. The molecule has 14 heavy (non-hydrogen) atoms. The van der Waals surface area contributed by atoms with Crippen molar-refractivity contribution in [2.75, 3.05) is 13.2 Å². The first-order valence-corrected chi connectivity index (χ1v) is 6.27. The smallest absolute Gasteiger partial charge is 0.0576 e. The van der Waals surface area contributed by atoms with Crippen molar-refractivity contribution in [2.24, 2.45) is 0 Å². The van der Waals surface area contributed by atoms with E-state index in [-0.39, 0.29) is 0 Å². The standard InChI is InChI=1S/C11H20ClNO/c12-9-7-10(8-9)13-5-1-3-11-4-2-6-14-11/h9-11,13H,1-8H2. The Hall–Kier alpha value is 0.210. The van der Waals surface area contributed by atoms with Crippen LogP contribution in [0.25, 0.3) is 0 Å². The van der Waals surface area contributed by atoms with E-state index in [1.54, 1.807) is 0 Å². The second-order valence-corrected chi connectivity index (χ2v) is 5.11. The Bertz CT molecular complexity index is 165. The van der Waals surface area contributed by atoms with E-state index in [0.29, 0.717) is 17.5 Å². The van der Waals surface area contributed by atoms with E-state index in [0.717, 1.165) is 26.0 Å². The zero-order chi connectivity index (χ0) is 9.80. The summed E-state index contributed by atoms with van der Waals surface area (Å²) in [4.78, 5) is 0. The molecule has 1 aliphatic heterocycles. The first-order chi connectivity index (χ1) is 6.84. The van der Waals surface area contributed by atoms with Crippen LogP contribution in [0.4, 0.5) is 0 Å². The fourth-order valence-corrected chi connectivity index (χ4v) is 2.65. The van der Waals surface area contributed by atoms with Gasteiger partial charge in [-0.3, -0.25) is 0 Å². The highest BCUT2D eigenvalue weighted by molar-refractivity contribution is 6.21. The maximum atomic E-state index is 5.90. The fraction of sp³-hybridized carbons (Fsp3) is 1.00. The molecule has 0 radical (unpaired) electrons. The molecule has 1 unspecified atom stereocenters. The van der Waals surface area contributed by atoms with E-state index >= 15 is 0 Å². The van der Waals surface area contributed by atoms with E-state index in [2.05, 4.69) is 5.32 Å². The van der Waals surface area contributed by atoms with Gasteiger partial charge in [-0.1, -0.05) is 0 Å². The van der Waals surface area contributed by atoms with Crippen LogP contribution in [0.5, 0.6) is 0 Å². The van der Waals surface area contributed by atoms with Gasteiger partial charge in [-0.25, -0.2) is 0 Å². The molecule has 2 aliphatic rings. The highest BCUT2D eigenvalue weighted by Gasteiger charge is 2.26. The lowest BCUT2D eigenvalue weighted by Crippen LogP contribution is -2.42. The Labute approximate surface area is 91.3 Å². The molecule has 2 fully saturated rings. The Kier molecular flexibility index (Phi) is 4.09. The topological polar surface area (TPSA) is 21.3 Å². The zero-order valence-corrected chi connectivity index (χ0v) is 9.43. The number of ether oxygens (including phenoxy) is 1. The van der Waals surface area contributed by atoms with Crippen LogP contribution in [0.15, 0.2) is 0 Å². The predicted molar refractivity (Wildman–Crippen MR) is 58.9 cm³/mol. The van der Waals surface area contributed by atoms with Gasteiger partial charge < -0.3 is 10.1 Å². The third kappa shape index (κ3) is 3.11. The molecule has 1 saturated carbocycles. The summed E-state index contributed by atoms with van der Waals surface area (Å²) < 4.78 is 5.57. The van der Waals surface area contributed by atoms with Crippen molar-refractivity contribution in [2.45, 2.75) is 56.0 Å². The van der Waals surface area contributed by atoms with Crippen LogP contribution < -0.4 is 5.32 Å². The molecule has 2 nitrogen and oxygen atoms in total. The summed E-state index contributed by atoms with van der Waals surface area (Å²) in [5.74, 6) is 0. The van der Waals surface area contributed by atoms with Crippen molar-refractivity contribution >= 4 is 11.6 Å². The number of rotatable bonds is 5. The third-order valence-corrected chi connectivity index (χ3v) is 3.60. The molecule has 82 valence electrons. The molecule has 0 aromatic heterocycles. The molecule has 3 heteroatoms. The molecule has 0 aromatic rings. The van der Waals surface area contributed by atoms with Crippen LogP contribution >= 0.6 is 11.6 Å².